The molecule has 1 N–H and O–H groups in total. The van der Waals surface area contributed by atoms with Crippen molar-refractivity contribution in [3.63, 3.8) is 0 Å². The second-order valence-electron chi connectivity index (χ2n) is 6.14. The Labute approximate surface area is 154 Å². The number of para-hydroxylation sites is 2. The van der Waals surface area contributed by atoms with E-state index in [1.165, 1.54) is 5.56 Å². The van der Waals surface area contributed by atoms with E-state index < -0.39 is 0 Å². The molecule has 1 aromatic heterocycles. The summed E-state index contributed by atoms with van der Waals surface area (Å²) in [5.41, 5.74) is 2.18. The predicted molar refractivity (Wildman–Crippen MR) is 104 cm³/mol. The van der Waals surface area contributed by atoms with Crippen molar-refractivity contribution in [3.8, 4) is 5.75 Å². The van der Waals surface area contributed by atoms with Crippen molar-refractivity contribution in [2.75, 3.05) is 38.1 Å². The van der Waals surface area contributed by atoms with Crippen LogP contribution in [0, 0.1) is 0 Å². The minimum Gasteiger partial charge on any atom is -0.492 e. The molecule has 0 aliphatic carbocycles. The van der Waals surface area contributed by atoms with Crippen LogP contribution in [-0.4, -0.2) is 57.5 Å². The Hall–Kier alpha value is -2.12. The first-order chi connectivity index (χ1) is 12.2. The zero-order valence-electron chi connectivity index (χ0n) is 14.8. The lowest BCUT2D eigenvalue weighted by Crippen LogP contribution is -2.49. The third-order valence-corrected chi connectivity index (χ3v) is 4.61. The minimum absolute atomic E-state index is 0.637. The van der Waals surface area contributed by atoms with Crippen LogP contribution in [-0.2, 0) is 13.6 Å². The number of benzene rings is 1. The van der Waals surface area contributed by atoms with Crippen LogP contribution in [0.4, 0.5) is 5.69 Å². The average molecular weight is 359 g/mol. The first-order valence-electron chi connectivity index (χ1n) is 8.63. The molecule has 2 heterocycles. The second-order valence-corrected chi connectivity index (χ2v) is 6.53. The molecule has 25 heavy (non-hydrogen) atoms. The molecule has 0 saturated carbocycles. The maximum atomic E-state index is 5.65. The van der Waals surface area contributed by atoms with Crippen molar-refractivity contribution in [2.45, 2.75) is 13.5 Å². The normalized spacial score (nSPS) is 15.2. The van der Waals surface area contributed by atoms with E-state index in [4.69, 9.17) is 17.0 Å². The second kappa shape index (κ2) is 8.31. The number of thiocarbonyl (C=S) groups is 1. The molecule has 1 aliphatic rings. The summed E-state index contributed by atoms with van der Waals surface area (Å²) in [6.07, 6.45) is 4.01. The summed E-state index contributed by atoms with van der Waals surface area (Å²) in [6.45, 7) is 7.38. The van der Waals surface area contributed by atoms with E-state index in [1.54, 1.807) is 0 Å². The van der Waals surface area contributed by atoms with Crippen molar-refractivity contribution in [1.82, 2.24) is 19.6 Å². The highest BCUT2D eigenvalue weighted by Crippen LogP contribution is 2.24. The molecule has 0 amide bonds. The van der Waals surface area contributed by atoms with E-state index >= 15 is 0 Å². The summed E-state index contributed by atoms with van der Waals surface area (Å²) in [4.78, 5) is 4.65. The van der Waals surface area contributed by atoms with Crippen molar-refractivity contribution in [3.05, 3.63) is 42.2 Å². The summed E-state index contributed by atoms with van der Waals surface area (Å²) in [6, 6.07) is 7.91. The van der Waals surface area contributed by atoms with Gasteiger partial charge in [-0.15, -0.1) is 0 Å². The highest BCUT2D eigenvalue weighted by molar-refractivity contribution is 7.80. The number of anilines is 1. The Balaban J connectivity index is 1.51. The number of aryl methyl sites for hydroxylation is 1. The van der Waals surface area contributed by atoms with Gasteiger partial charge in [-0.1, -0.05) is 12.1 Å². The molecule has 0 atom stereocenters. The summed E-state index contributed by atoms with van der Waals surface area (Å²) in [5.74, 6) is 0.836. The van der Waals surface area contributed by atoms with Gasteiger partial charge in [0.05, 0.1) is 18.5 Å². The minimum atomic E-state index is 0.637. The van der Waals surface area contributed by atoms with Crippen LogP contribution < -0.4 is 10.1 Å². The monoisotopic (exact) mass is 359 g/mol. The van der Waals surface area contributed by atoms with E-state index in [1.807, 2.05) is 49.1 Å². The summed E-state index contributed by atoms with van der Waals surface area (Å²) in [7, 11) is 1.95. The molecule has 1 saturated heterocycles. The Morgan fingerprint density at radius 2 is 2.00 bits per heavy atom. The molecule has 1 aromatic carbocycles. The fourth-order valence-corrected chi connectivity index (χ4v) is 3.26. The van der Waals surface area contributed by atoms with Crippen molar-refractivity contribution in [1.29, 1.82) is 0 Å². The van der Waals surface area contributed by atoms with Crippen LogP contribution in [0.2, 0.25) is 0 Å². The average Bonchev–Trinajstić information content (AvgIpc) is 3.02. The zero-order chi connectivity index (χ0) is 17.6. The predicted octanol–water partition coefficient (Wildman–Crippen LogP) is 2.33. The quantitative estimate of drug-likeness (QED) is 0.827. The van der Waals surface area contributed by atoms with Gasteiger partial charge >= 0.3 is 0 Å². The van der Waals surface area contributed by atoms with Crippen LogP contribution >= 0.6 is 12.2 Å². The summed E-state index contributed by atoms with van der Waals surface area (Å²) < 4.78 is 7.50. The van der Waals surface area contributed by atoms with Crippen LogP contribution in [0.3, 0.4) is 0 Å². The third-order valence-electron chi connectivity index (χ3n) is 4.25. The van der Waals surface area contributed by atoms with Gasteiger partial charge in [-0.3, -0.25) is 9.58 Å². The van der Waals surface area contributed by atoms with Gasteiger partial charge in [0.2, 0.25) is 0 Å². The Kier molecular flexibility index (Phi) is 5.88. The number of aromatic nitrogens is 2. The largest absolute Gasteiger partial charge is 0.492 e. The van der Waals surface area contributed by atoms with Crippen LogP contribution in [0.5, 0.6) is 5.75 Å². The number of nitrogens with zero attached hydrogens (tertiary/aromatic N) is 4. The van der Waals surface area contributed by atoms with Crippen molar-refractivity contribution >= 4 is 23.0 Å². The van der Waals surface area contributed by atoms with Crippen molar-refractivity contribution < 1.29 is 4.74 Å². The van der Waals surface area contributed by atoms with E-state index in [-0.39, 0.29) is 0 Å². The number of rotatable bonds is 5. The maximum absolute atomic E-state index is 5.65. The third kappa shape index (κ3) is 4.70. The van der Waals surface area contributed by atoms with Crippen molar-refractivity contribution in [2.24, 2.45) is 7.05 Å². The lowest BCUT2D eigenvalue weighted by atomic mass is 10.2. The smallest absolute Gasteiger partial charge is 0.173 e. The molecule has 1 fully saturated rings. The molecule has 7 heteroatoms. The topological polar surface area (TPSA) is 45.6 Å². The lowest BCUT2D eigenvalue weighted by molar-refractivity contribution is 0.177. The van der Waals surface area contributed by atoms with Gasteiger partial charge in [0.25, 0.3) is 0 Å². The Morgan fingerprint density at radius 1 is 1.24 bits per heavy atom. The highest BCUT2D eigenvalue weighted by Gasteiger charge is 2.20. The van der Waals surface area contributed by atoms with E-state index in [9.17, 15) is 0 Å². The molecule has 3 rings (SSSR count). The fourth-order valence-electron chi connectivity index (χ4n) is 2.97. The number of ether oxygens (including phenoxy) is 1. The number of hydrogen-bond acceptors (Lipinski definition) is 4. The first-order valence-corrected chi connectivity index (χ1v) is 9.04. The molecule has 2 aromatic rings. The molecule has 0 unspecified atom stereocenters. The van der Waals surface area contributed by atoms with Gasteiger partial charge in [-0.05, 0) is 31.3 Å². The van der Waals surface area contributed by atoms with Crippen LogP contribution in [0.1, 0.15) is 12.5 Å². The standard InChI is InChI=1S/C18H25N5OS/c1-3-24-17-7-5-4-6-16(17)20-18(25)23-10-8-22(9-11-23)14-15-12-19-21(2)13-15/h4-7,12-13H,3,8-11,14H2,1-2H3,(H,20,25). The van der Waals surface area contributed by atoms with Gasteiger partial charge in [-0.2, -0.15) is 5.10 Å². The van der Waals surface area contributed by atoms with E-state index in [0.29, 0.717) is 6.61 Å². The molecular formula is C18H25N5OS. The first kappa shape index (κ1) is 17.7. The fraction of sp³-hybridized carbons (Fsp3) is 0.444. The van der Waals surface area contributed by atoms with Gasteiger partial charge in [0.15, 0.2) is 5.11 Å². The van der Waals surface area contributed by atoms with Crippen LogP contribution in [0.25, 0.3) is 0 Å². The van der Waals surface area contributed by atoms with Gasteiger partial charge in [-0.25, -0.2) is 0 Å². The zero-order valence-corrected chi connectivity index (χ0v) is 15.6. The molecule has 0 radical (unpaired) electrons. The maximum Gasteiger partial charge on any atom is 0.173 e. The van der Waals surface area contributed by atoms with Gasteiger partial charge < -0.3 is 15.0 Å². The SMILES string of the molecule is CCOc1ccccc1NC(=S)N1CCN(Cc2cnn(C)c2)CC1. The molecule has 0 bridgehead atoms. The molecular weight excluding hydrogens is 334 g/mol. The van der Waals surface area contributed by atoms with Gasteiger partial charge in [0.1, 0.15) is 5.75 Å². The highest BCUT2D eigenvalue weighted by atomic mass is 32.1. The van der Waals surface area contributed by atoms with E-state index in [2.05, 4.69) is 26.4 Å². The van der Waals surface area contributed by atoms with Crippen LogP contribution in [0.15, 0.2) is 36.7 Å². The molecule has 134 valence electrons. The summed E-state index contributed by atoms with van der Waals surface area (Å²) >= 11 is 5.60. The molecule has 6 nitrogen and oxygen atoms in total. The number of hydrogen-bond donors (Lipinski definition) is 1. The van der Waals surface area contributed by atoms with Gasteiger partial charge in [0, 0.05) is 51.5 Å². The number of piperazine rings is 1. The summed E-state index contributed by atoms with van der Waals surface area (Å²) in [5, 5.41) is 8.32. The lowest BCUT2D eigenvalue weighted by Gasteiger charge is -2.36. The molecule has 1 aliphatic heterocycles. The van der Waals surface area contributed by atoms with E-state index in [0.717, 1.165) is 49.3 Å². The molecule has 0 spiro atoms. The Morgan fingerprint density at radius 3 is 2.68 bits per heavy atom. The Bertz CT molecular complexity index is 709. The number of nitrogens with one attached hydrogen (secondary N) is 1.